The molecule has 0 unspecified atom stereocenters. The van der Waals surface area contributed by atoms with Crippen molar-refractivity contribution >= 4 is 27.6 Å². The molecular formula is C23H22N2O5S. The van der Waals surface area contributed by atoms with E-state index in [0.717, 1.165) is 9.87 Å². The van der Waals surface area contributed by atoms with Crippen molar-refractivity contribution in [2.45, 2.75) is 17.9 Å². The summed E-state index contributed by atoms with van der Waals surface area (Å²) >= 11 is 0. The van der Waals surface area contributed by atoms with Crippen LogP contribution in [0.2, 0.25) is 0 Å². The lowest BCUT2D eigenvalue weighted by Gasteiger charge is -2.20. The minimum atomic E-state index is -3.75. The highest BCUT2D eigenvalue weighted by atomic mass is 32.2. The highest BCUT2D eigenvalue weighted by molar-refractivity contribution is 7.92. The van der Waals surface area contributed by atoms with E-state index in [1.807, 2.05) is 6.92 Å². The Hall–Kier alpha value is -3.65. The highest BCUT2D eigenvalue weighted by Crippen LogP contribution is 2.24. The zero-order valence-corrected chi connectivity index (χ0v) is 17.9. The van der Waals surface area contributed by atoms with Crippen LogP contribution in [0, 0.1) is 6.92 Å². The normalized spacial score (nSPS) is 12.1. The number of benzene rings is 3. The number of nitrogens with two attached hydrogens (primary N) is 1. The maximum atomic E-state index is 12.8. The molecule has 0 heterocycles. The summed E-state index contributed by atoms with van der Waals surface area (Å²) in [5.74, 6) is -1.54. The second-order valence-corrected chi connectivity index (χ2v) is 8.90. The molecule has 0 bridgehead atoms. The van der Waals surface area contributed by atoms with Gasteiger partial charge in [-0.2, -0.15) is 0 Å². The lowest BCUT2D eigenvalue weighted by Crippen LogP contribution is -2.27. The van der Waals surface area contributed by atoms with Crippen LogP contribution in [0.4, 0.5) is 5.69 Å². The first kappa shape index (κ1) is 22.0. The number of aryl methyl sites for hydroxylation is 1. The van der Waals surface area contributed by atoms with E-state index in [1.165, 1.54) is 31.3 Å². The average Bonchev–Trinajstić information content (AvgIpc) is 2.77. The van der Waals surface area contributed by atoms with E-state index in [2.05, 4.69) is 0 Å². The lowest BCUT2D eigenvalue weighted by atomic mass is 10.1. The largest absolute Gasteiger partial charge is 0.444 e. The molecule has 0 saturated heterocycles. The van der Waals surface area contributed by atoms with Crippen LogP contribution in [0.1, 0.15) is 27.6 Å². The lowest BCUT2D eigenvalue weighted by molar-refractivity contribution is -0.127. The summed E-state index contributed by atoms with van der Waals surface area (Å²) in [4.78, 5) is 24.4. The number of sulfonamides is 1. The van der Waals surface area contributed by atoms with Crippen LogP contribution in [0.3, 0.4) is 0 Å². The van der Waals surface area contributed by atoms with Gasteiger partial charge in [-0.25, -0.2) is 13.2 Å². The molecule has 31 heavy (non-hydrogen) atoms. The van der Waals surface area contributed by atoms with Crippen molar-refractivity contribution in [3.05, 3.63) is 95.6 Å². The fourth-order valence-electron chi connectivity index (χ4n) is 2.91. The molecule has 0 aliphatic rings. The minimum absolute atomic E-state index is 0.159. The third-order valence-corrected chi connectivity index (χ3v) is 6.53. The standard InChI is InChI=1S/C23H22N2O5S/c1-16-8-14-20(15-9-16)31(28,29)25(2)19-12-10-18(11-13-19)23(27)30-21(22(24)26)17-6-4-3-5-7-17/h3-15,21H,1-2H3,(H2,24,26)/t21-/m1/s1. The van der Waals surface area contributed by atoms with Crippen LogP contribution in [-0.4, -0.2) is 27.3 Å². The van der Waals surface area contributed by atoms with E-state index in [9.17, 15) is 18.0 Å². The summed E-state index contributed by atoms with van der Waals surface area (Å²) in [6.07, 6.45) is -1.22. The van der Waals surface area contributed by atoms with Crippen LogP contribution in [0.15, 0.2) is 83.8 Å². The molecule has 1 amide bonds. The molecule has 0 saturated carbocycles. The molecule has 7 nitrogen and oxygen atoms in total. The predicted molar refractivity (Wildman–Crippen MR) is 117 cm³/mol. The van der Waals surface area contributed by atoms with Gasteiger partial charge < -0.3 is 10.5 Å². The molecule has 160 valence electrons. The zero-order chi connectivity index (χ0) is 22.6. The van der Waals surface area contributed by atoms with Gasteiger partial charge in [0.1, 0.15) is 0 Å². The van der Waals surface area contributed by atoms with E-state index >= 15 is 0 Å². The van der Waals surface area contributed by atoms with Gasteiger partial charge in [-0.1, -0.05) is 48.0 Å². The first-order valence-corrected chi connectivity index (χ1v) is 10.8. The second-order valence-electron chi connectivity index (χ2n) is 6.93. The number of carbonyl (C=O) groups excluding carboxylic acids is 2. The molecule has 3 aromatic carbocycles. The number of nitrogens with zero attached hydrogens (tertiary/aromatic N) is 1. The molecule has 0 spiro atoms. The van der Waals surface area contributed by atoms with Crippen molar-refractivity contribution in [2.24, 2.45) is 5.73 Å². The van der Waals surface area contributed by atoms with E-state index in [4.69, 9.17) is 10.5 Å². The van der Waals surface area contributed by atoms with Crippen molar-refractivity contribution in [3.8, 4) is 0 Å². The van der Waals surface area contributed by atoms with E-state index in [-0.39, 0.29) is 10.5 Å². The summed E-state index contributed by atoms with van der Waals surface area (Å²) in [5, 5.41) is 0. The fraction of sp³-hybridized carbons (Fsp3) is 0.130. The number of hydrogen-bond donors (Lipinski definition) is 1. The van der Waals surface area contributed by atoms with Crippen LogP contribution in [0.25, 0.3) is 0 Å². The zero-order valence-electron chi connectivity index (χ0n) is 17.1. The van der Waals surface area contributed by atoms with Crippen LogP contribution >= 0.6 is 0 Å². The van der Waals surface area contributed by atoms with E-state index < -0.39 is 28.0 Å². The maximum Gasteiger partial charge on any atom is 0.339 e. The molecule has 0 aromatic heterocycles. The van der Waals surface area contributed by atoms with Gasteiger partial charge in [-0.15, -0.1) is 0 Å². The Kier molecular flexibility index (Phi) is 6.41. The third kappa shape index (κ3) is 4.92. The Morgan fingerprint density at radius 1 is 0.903 bits per heavy atom. The first-order valence-electron chi connectivity index (χ1n) is 9.41. The molecular weight excluding hydrogens is 416 g/mol. The molecule has 0 fully saturated rings. The Morgan fingerprint density at radius 2 is 1.48 bits per heavy atom. The monoisotopic (exact) mass is 438 g/mol. The van der Waals surface area contributed by atoms with Gasteiger partial charge in [0.25, 0.3) is 15.9 Å². The predicted octanol–water partition coefficient (Wildman–Crippen LogP) is 3.20. The number of hydrogen-bond acceptors (Lipinski definition) is 5. The van der Waals surface area contributed by atoms with Crippen molar-refractivity contribution in [1.82, 2.24) is 0 Å². The Labute approximate surface area is 181 Å². The molecule has 2 N–H and O–H groups in total. The van der Waals surface area contributed by atoms with Gasteiger partial charge >= 0.3 is 5.97 Å². The fourth-order valence-corrected chi connectivity index (χ4v) is 4.10. The van der Waals surface area contributed by atoms with Crippen LogP contribution in [-0.2, 0) is 19.6 Å². The number of amides is 1. The van der Waals surface area contributed by atoms with Crippen LogP contribution in [0.5, 0.6) is 0 Å². The summed E-state index contributed by atoms with van der Waals surface area (Å²) in [6.45, 7) is 1.87. The number of esters is 1. The third-order valence-electron chi connectivity index (χ3n) is 4.73. The second kappa shape index (κ2) is 9.01. The van der Waals surface area contributed by atoms with Crippen molar-refractivity contribution < 1.29 is 22.7 Å². The molecule has 0 aliphatic heterocycles. The topological polar surface area (TPSA) is 107 Å². The van der Waals surface area contributed by atoms with E-state index in [1.54, 1.807) is 54.6 Å². The number of anilines is 1. The maximum absolute atomic E-state index is 12.8. The quantitative estimate of drug-likeness (QED) is 0.570. The number of ether oxygens (including phenoxy) is 1. The first-order chi connectivity index (χ1) is 14.7. The van der Waals surface area contributed by atoms with Gasteiger partial charge in [-0.3, -0.25) is 9.10 Å². The van der Waals surface area contributed by atoms with Crippen molar-refractivity contribution in [3.63, 3.8) is 0 Å². The molecule has 8 heteroatoms. The Morgan fingerprint density at radius 3 is 2.03 bits per heavy atom. The molecule has 0 aliphatic carbocycles. The van der Waals surface area contributed by atoms with Gasteiger partial charge in [0.05, 0.1) is 16.1 Å². The van der Waals surface area contributed by atoms with Gasteiger partial charge in [-0.05, 0) is 43.3 Å². The summed E-state index contributed by atoms with van der Waals surface area (Å²) < 4.78 is 32.1. The summed E-state index contributed by atoms with van der Waals surface area (Å²) in [7, 11) is -2.32. The van der Waals surface area contributed by atoms with Gasteiger partial charge in [0.2, 0.25) is 6.10 Å². The molecule has 0 radical (unpaired) electrons. The molecule has 1 atom stereocenters. The van der Waals surface area contributed by atoms with Gasteiger partial charge in [0.15, 0.2) is 0 Å². The number of carbonyl (C=O) groups is 2. The van der Waals surface area contributed by atoms with Crippen molar-refractivity contribution in [1.29, 1.82) is 0 Å². The number of rotatable bonds is 7. The van der Waals surface area contributed by atoms with Crippen LogP contribution < -0.4 is 10.0 Å². The summed E-state index contributed by atoms with van der Waals surface area (Å²) in [5.41, 5.74) is 7.32. The summed E-state index contributed by atoms with van der Waals surface area (Å²) in [6, 6.07) is 20.8. The smallest absolute Gasteiger partial charge is 0.339 e. The molecule has 3 aromatic rings. The highest BCUT2D eigenvalue weighted by Gasteiger charge is 2.24. The SMILES string of the molecule is Cc1ccc(S(=O)(=O)N(C)c2ccc(C(=O)O[C@@H](C(N)=O)c3ccccc3)cc2)cc1. The van der Waals surface area contributed by atoms with Crippen molar-refractivity contribution in [2.75, 3.05) is 11.4 Å². The Balaban J connectivity index is 1.78. The number of primary amides is 1. The Bertz CT molecular complexity index is 1170. The van der Waals surface area contributed by atoms with Gasteiger partial charge in [0, 0.05) is 12.6 Å². The minimum Gasteiger partial charge on any atom is -0.444 e. The molecule has 3 rings (SSSR count). The van der Waals surface area contributed by atoms with E-state index in [0.29, 0.717) is 11.3 Å². The average molecular weight is 439 g/mol.